The number of methoxy groups -OCH3 is 1. The van der Waals surface area contributed by atoms with Crippen LogP contribution < -0.4 is 14.9 Å². The van der Waals surface area contributed by atoms with Crippen molar-refractivity contribution in [2.45, 2.75) is 13.8 Å². The Morgan fingerprint density at radius 2 is 1.96 bits per heavy atom. The largest absolute Gasteiger partial charge is 0.493 e. The van der Waals surface area contributed by atoms with E-state index < -0.39 is 5.91 Å². The Hall–Kier alpha value is -3.28. The van der Waals surface area contributed by atoms with E-state index >= 15 is 0 Å². The van der Waals surface area contributed by atoms with Gasteiger partial charge in [-0.25, -0.2) is 5.43 Å². The molecule has 1 N–H and O–H groups in total. The number of nitrogens with one attached hydrogen (secondary N) is 1. The minimum absolute atomic E-state index is 0.163. The molecule has 0 aliphatic carbocycles. The second kappa shape index (κ2) is 8.40. The molecule has 0 fully saturated rings. The van der Waals surface area contributed by atoms with Crippen LogP contribution in [0.15, 0.2) is 58.0 Å². The first-order chi connectivity index (χ1) is 13.1. The van der Waals surface area contributed by atoms with E-state index in [2.05, 4.69) is 24.4 Å². The quantitative estimate of drug-likeness (QED) is 0.501. The Morgan fingerprint density at radius 3 is 2.74 bits per heavy atom. The summed E-state index contributed by atoms with van der Waals surface area (Å²) in [4.78, 5) is 12.3. The Bertz CT molecular complexity index is 960. The van der Waals surface area contributed by atoms with Gasteiger partial charge in [-0.05, 0) is 30.2 Å². The molecule has 1 heterocycles. The molecule has 140 valence electrons. The van der Waals surface area contributed by atoms with Crippen LogP contribution in [0, 0.1) is 5.92 Å². The summed E-state index contributed by atoms with van der Waals surface area (Å²) in [5.41, 5.74) is 3.79. The van der Waals surface area contributed by atoms with Gasteiger partial charge in [0.2, 0.25) is 0 Å². The van der Waals surface area contributed by atoms with E-state index in [0.29, 0.717) is 23.9 Å². The van der Waals surface area contributed by atoms with Crippen LogP contribution in [0.4, 0.5) is 0 Å². The molecule has 0 aliphatic heterocycles. The highest BCUT2D eigenvalue weighted by Crippen LogP contribution is 2.28. The zero-order chi connectivity index (χ0) is 19.2. The van der Waals surface area contributed by atoms with Gasteiger partial charge >= 0.3 is 5.91 Å². The van der Waals surface area contributed by atoms with Crippen LogP contribution in [0.3, 0.4) is 0 Å². The molecule has 0 saturated heterocycles. The van der Waals surface area contributed by atoms with Gasteiger partial charge in [-0.1, -0.05) is 38.1 Å². The van der Waals surface area contributed by atoms with E-state index in [4.69, 9.17) is 13.9 Å². The highest BCUT2D eigenvalue weighted by atomic mass is 16.5. The van der Waals surface area contributed by atoms with Crippen molar-refractivity contribution in [1.29, 1.82) is 0 Å². The summed E-state index contributed by atoms with van der Waals surface area (Å²) in [6.07, 6.45) is 1.55. The smallest absolute Gasteiger partial charge is 0.307 e. The summed E-state index contributed by atoms with van der Waals surface area (Å²) in [6.45, 7) is 4.77. The zero-order valence-corrected chi connectivity index (χ0v) is 15.6. The van der Waals surface area contributed by atoms with Gasteiger partial charge in [0.15, 0.2) is 17.1 Å². The van der Waals surface area contributed by atoms with Crippen LogP contribution in [-0.4, -0.2) is 25.8 Å². The normalized spacial score (nSPS) is 11.3. The summed E-state index contributed by atoms with van der Waals surface area (Å²) < 4.78 is 16.6. The van der Waals surface area contributed by atoms with Gasteiger partial charge in [-0.3, -0.25) is 4.79 Å². The molecule has 0 spiro atoms. The number of hydrogen-bond donors (Lipinski definition) is 1. The van der Waals surface area contributed by atoms with Crippen molar-refractivity contribution in [3.63, 3.8) is 0 Å². The number of amides is 1. The average Bonchev–Trinajstić information content (AvgIpc) is 3.11. The van der Waals surface area contributed by atoms with Gasteiger partial charge in [0, 0.05) is 10.9 Å². The number of rotatable bonds is 7. The first-order valence-corrected chi connectivity index (χ1v) is 8.70. The van der Waals surface area contributed by atoms with Gasteiger partial charge in [-0.15, -0.1) is 0 Å². The molecule has 0 unspecified atom stereocenters. The van der Waals surface area contributed by atoms with Crippen molar-refractivity contribution in [3.05, 3.63) is 59.9 Å². The highest BCUT2D eigenvalue weighted by molar-refractivity contribution is 5.97. The van der Waals surface area contributed by atoms with E-state index in [1.807, 2.05) is 36.4 Å². The first kappa shape index (κ1) is 18.5. The molecule has 0 aliphatic rings. The number of benzene rings is 2. The predicted molar refractivity (Wildman–Crippen MR) is 105 cm³/mol. The Kier molecular flexibility index (Phi) is 5.76. The lowest BCUT2D eigenvalue weighted by molar-refractivity contribution is 0.0929. The van der Waals surface area contributed by atoms with Crippen LogP contribution in [0.5, 0.6) is 11.5 Å². The molecule has 0 radical (unpaired) electrons. The first-order valence-electron chi connectivity index (χ1n) is 8.70. The number of nitrogens with zero attached hydrogens (tertiary/aromatic N) is 1. The van der Waals surface area contributed by atoms with Gasteiger partial charge in [0.1, 0.15) is 5.75 Å². The number of fused-ring (bicyclic) bond motifs is 1. The lowest BCUT2D eigenvalue weighted by Gasteiger charge is -2.10. The summed E-state index contributed by atoms with van der Waals surface area (Å²) in [7, 11) is 1.56. The molecule has 1 amide bonds. The van der Waals surface area contributed by atoms with Crippen molar-refractivity contribution in [2.75, 3.05) is 13.7 Å². The minimum atomic E-state index is -0.440. The fourth-order valence-corrected chi connectivity index (χ4v) is 2.50. The molecule has 3 aromatic rings. The summed E-state index contributed by atoms with van der Waals surface area (Å²) in [6, 6.07) is 14.6. The van der Waals surface area contributed by atoms with Crippen molar-refractivity contribution in [2.24, 2.45) is 11.0 Å². The molecular weight excluding hydrogens is 344 g/mol. The number of hydrogen-bond acceptors (Lipinski definition) is 5. The van der Waals surface area contributed by atoms with Gasteiger partial charge in [0.25, 0.3) is 0 Å². The maximum absolute atomic E-state index is 12.3. The Morgan fingerprint density at radius 1 is 1.19 bits per heavy atom. The average molecular weight is 366 g/mol. The third kappa shape index (κ3) is 4.47. The molecule has 1 aromatic heterocycles. The number of ether oxygens (including phenoxy) is 2. The SMILES string of the molecule is COc1cccc2cc(C(=O)N/N=C\c3ccccc3OCC(C)C)oc12. The van der Waals surface area contributed by atoms with E-state index in [-0.39, 0.29) is 5.76 Å². The molecule has 3 rings (SSSR count). The molecule has 0 saturated carbocycles. The molecule has 2 aromatic carbocycles. The summed E-state index contributed by atoms with van der Waals surface area (Å²) in [5.74, 6) is 1.44. The predicted octanol–water partition coefficient (Wildman–Crippen LogP) is 4.24. The molecule has 0 bridgehead atoms. The van der Waals surface area contributed by atoms with Crippen molar-refractivity contribution in [3.8, 4) is 11.5 Å². The molecule has 0 atom stereocenters. The van der Waals surface area contributed by atoms with Crippen LogP contribution in [0.25, 0.3) is 11.0 Å². The summed E-state index contributed by atoms with van der Waals surface area (Å²) in [5, 5.41) is 4.81. The van der Waals surface area contributed by atoms with Gasteiger partial charge in [0.05, 0.1) is 19.9 Å². The number of para-hydroxylation sites is 2. The maximum Gasteiger partial charge on any atom is 0.307 e. The second-order valence-corrected chi connectivity index (χ2v) is 6.43. The van der Waals surface area contributed by atoms with Gasteiger partial charge < -0.3 is 13.9 Å². The molecule has 27 heavy (non-hydrogen) atoms. The number of hydrazone groups is 1. The monoisotopic (exact) mass is 366 g/mol. The number of carbonyl (C=O) groups excluding carboxylic acids is 1. The lowest BCUT2D eigenvalue weighted by atomic mass is 10.2. The zero-order valence-electron chi connectivity index (χ0n) is 15.6. The minimum Gasteiger partial charge on any atom is -0.493 e. The fourth-order valence-electron chi connectivity index (χ4n) is 2.50. The van der Waals surface area contributed by atoms with Crippen LogP contribution >= 0.6 is 0 Å². The van der Waals surface area contributed by atoms with Gasteiger partial charge in [-0.2, -0.15) is 5.10 Å². The number of furan rings is 1. The van der Waals surface area contributed by atoms with Crippen molar-refractivity contribution in [1.82, 2.24) is 5.43 Å². The molecule has 6 heteroatoms. The Balaban J connectivity index is 1.71. The van der Waals surface area contributed by atoms with E-state index in [9.17, 15) is 4.79 Å². The van der Waals surface area contributed by atoms with E-state index in [1.54, 1.807) is 25.5 Å². The Labute approximate surface area is 157 Å². The third-order valence-electron chi connectivity index (χ3n) is 3.81. The van der Waals surface area contributed by atoms with E-state index in [0.717, 1.165) is 16.7 Å². The standard InChI is InChI=1S/C21H22N2O4/c1-14(2)13-26-17-9-5-4-7-16(17)12-22-23-21(24)19-11-15-8-6-10-18(25-3)20(15)27-19/h4-12,14H,13H2,1-3H3,(H,23,24)/b22-12-. The van der Waals surface area contributed by atoms with Crippen LogP contribution in [-0.2, 0) is 0 Å². The fraction of sp³-hybridized carbons (Fsp3) is 0.238. The van der Waals surface area contributed by atoms with Crippen LogP contribution in [0.1, 0.15) is 30.0 Å². The lowest BCUT2D eigenvalue weighted by Crippen LogP contribution is -2.16. The second-order valence-electron chi connectivity index (χ2n) is 6.43. The molecular formula is C21H22N2O4. The van der Waals surface area contributed by atoms with E-state index in [1.165, 1.54) is 0 Å². The summed E-state index contributed by atoms with van der Waals surface area (Å²) >= 11 is 0. The van der Waals surface area contributed by atoms with Crippen molar-refractivity contribution < 1.29 is 18.7 Å². The third-order valence-corrected chi connectivity index (χ3v) is 3.81. The van der Waals surface area contributed by atoms with Crippen molar-refractivity contribution >= 4 is 23.1 Å². The van der Waals surface area contributed by atoms with Crippen LogP contribution in [0.2, 0.25) is 0 Å². The topological polar surface area (TPSA) is 73.1 Å². The number of carbonyl (C=O) groups is 1. The molecule has 6 nitrogen and oxygen atoms in total. The maximum atomic E-state index is 12.3. The highest BCUT2D eigenvalue weighted by Gasteiger charge is 2.14.